The van der Waals surface area contributed by atoms with Crippen LogP contribution in [0.15, 0.2) is 24.3 Å². The van der Waals surface area contributed by atoms with E-state index in [1.54, 1.807) is 0 Å². The van der Waals surface area contributed by atoms with Crippen molar-refractivity contribution >= 4 is 5.91 Å². The molecule has 1 aliphatic rings. The summed E-state index contributed by atoms with van der Waals surface area (Å²) in [5.74, 6) is 0.0815. The van der Waals surface area contributed by atoms with Crippen LogP contribution in [-0.2, 0) is 11.2 Å². The second kappa shape index (κ2) is 6.20. The van der Waals surface area contributed by atoms with Crippen molar-refractivity contribution in [2.24, 2.45) is 0 Å². The standard InChI is InChI=1S/C16H24N2O/c1-11(2)17-16(19)12(3)18-15-10-6-8-13-7-4-5-9-14(13)15/h4-5,7,9,11-12,15,18H,6,8,10H2,1-3H3,(H,17,19). The maximum Gasteiger partial charge on any atom is 0.237 e. The number of amides is 1. The smallest absolute Gasteiger partial charge is 0.237 e. The Morgan fingerprint density at radius 3 is 2.74 bits per heavy atom. The lowest BCUT2D eigenvalue weighted by atomic mass is 9.87. The van der Waals surface area contributed by atoms with Crippen molar-refractivity contribution in [1.82, 2.24) is 10.6 Å². The minimum absolute atomic E-state index is 0.0815. The summed E-state index contributed by atoms with van der Waals surface area (Å²) >= 11 is 0. The lowest BCUT2D eigenvalue weighted by molar-refractivity contribution is -0.123. The Bertz CT molecular complexity index is 442. The van der Waals surface area contributed by atoms with Crippen LogP contribution in [0.1, 0.15) is 50.8 Å². The molecule has 2 N–H and O–H groups in total. The molecule has 3 heteroatoms. The van der Waals surface area contributed by atoms with Crippen LogP contribution in [0.25, 0.3) is 0 Å². The van der Waals surface area contributed by atoms with Crippen molar-refractivity contribution in [3.63, 3.8) is 0 Å². The van der Waals surface area contributed by atoms with Crippen LogP contribution in [0, 0.1) is 0 Å². The molecule has 1 amide bonds. The lowest BCUT2D eigenvalue weighted by Crippen LogP contribution is -2.46. The van der Waals surface area contributed by atoms with E-state index in [1.165, 1.54) is 17.5 Å². The van der Waals surface area contributed by atoms with Gasteiger partial charge in [0.15, 0.2) is 0 Å². The molecule has 2 rings (SSSR count). The number of hydrogen-bond acceptors (Lipinski definition) is 2. The van der Waals surface area contributed by atoms with Gasteiger partial charge >= 0.3 is 0 Å². The number of aryl methyl sites for hydroxylation is 1. The predicted molar refractivity (Wildman–Crippen MR) is 78.0 cm³/mol. The average Bonchev–Trinajstić information content (AvgIpc) is 2.38. The quantitative estimate of drug-likeness (QED) is 0.873. The van der Waals surface area contributed by atoms with E-state index in [-0.39, 0.29) is 18.0 Å². The van der Waals surface area contributed by atoms with Gasteiger partial charge in [-0.2, -0.15) is 0 Å². The van der Waals surface area contributed by atoms with Gasteiger partial charge in [0.1, 0.15) is 0 Å². The fourth-order valence-corrected chi connectivity index (χ4v) is 2.71. The number of carbonyl (C=O) groups is 1. The highest BCUT2D eigenvalue weighted by Gasteiger charge is 2.23. The number of benzene rings is 1. The summed E-state index contributed by atoms with van der Waals surface area (Å²) in [6.45, 7) is 5.91. The molecular formula is C16H24N2O. The number of carbonyl (C=O) groups excluding carboxylic acids is 1. The first-order valence-electron chi connectivity index (χ1n) is 7.22. The molecule has 0 fully saturated rings. The maximum atomic E-state index is 12.0. The zero-order valence-corrected chi connectivity index (χ0v) is 12.1. The number of nitrogens with one attached hydrogen (secondary N) is 2. The molecule has 1 aromatic rings. The summed E-state index contributed by atoms with van der Waals surface area (Å²) in [4.78, 5) is 12.0. The zero-order valence-electron chi connectivity index (χ0n) is 12.1. The Hall–Kier alpha value is -1.35. The molecule has 3 nitrogen and oxygen atoms in total. The Balaban J connectivity index is 2.02. The van der Waals surface area contributed by atoms with Gasteiger partial charge in [-0.3, -0.25) is 10.1 Å². The van der Waals surface area contributed by atoms with E-state index >= 15 is 0 Å². The van der Waals surface area contributed by atoms with Gasteiger partial charge < -0.3 is 5.32 Å². The maximum absolute atomic E-state index is 12.0. The van der Waals surface area contributed by atoms with Crippen LogP contribution >= 0.6 is 0 Å². The third kappa shape index (κ3) is 3.57. The van der Waals surface area contributed by atoms with Crippen LogP contribution in [0.5, 0.6) is 0 Å². The molecule has 0 saturated heterocycles. The molecule has 2 unspecified atom stereocenters. The highest BCUT2D eigenvalue weighted by molar-refractivity contribution is 5.81. The van der Waals surface area contributed by atoms with Crippen molar-refractivity contribution in [2.75, 3.05) is 0 Å². The number of rotatable bonds is 4. The predicted octanol–water partition coefficient (Wildman–Crippen LogP) is 2.57. The third-order valence-electron chi connectivity index (χ3n) is 3.64. The van der Waals surface area contributed by atoms with E-state index in [0.29, 0.717) is 6.04 Å². The van der Waals surface area contributed by atoms with E-state index in [2.05, 4.69) is 34.9 Å². The minimum atomic E-state index is -0.154. The normalized spacial score (nSPS) is 19.9. The monoisotopic (exact) mass is 260 g/mol. The Morgan fingerprint density at radius 2 is 2.00 bits per heavy atom. The van der Waals surface area contributed by atoms with E-state index in [1.807, 2.05) is 20.8 Å². The first-order valence-corrected chi connectivity index (χ1v) is 7.22. The van der Waals surface area contributed by atoms with E-state index in [0.717, 1.165) is 12.8 Å². The van der Waals surface area contributed by atoms with Crippen molar-refractivity contribution in [3.05, 3.63) is 35.4 Å². The van der Waals surface area contributed by atoms with Crippen LogP contribution in [0.3, 0.4) is 0 Å². The molecule has 0 saturated carbocycles. The van der Waals surface area contributed by atoms with Gasteiger partial charge in [-0.25, -0.2) is 0 Å². The summed E-state index contributed by atoms with van der Waals surface area (Å²) in [5, 5.41) is 6.42. The molecule has 0 radical (unpaired) electrons. The van der Waals surface area contributed by atoms with Crippen LogP contribution in [0.4, 0.5) is 0 Å². The SMILES string of the molecule is CC(C)NC(=O)C(C)NC1CCCc2ccccc21. The largest absolute Gasteiger partial charge is 0.353 e. The molecular weight excluding hydrogens is 236 g/mol. The van der Waals surface area contributed by atoms with Crippen LogP contribution < -0.4 is 10.6 Å². The van der Waals surface area contributed by atoms with E-state index in [9.17, 15) is 4.79 Å². The van der Waals surface area contributed by atoms with Crippen LogP contribution in [0.2, 0.25) is 0 Å². The Kier molecular flexibility index (Phi) is 4.59. The molecule has 1 aliphatic carbocycles. The summed E-state index contributed by atoms with van der Waals surface area (Å²) in [6.07, 6.45) is 3.45. The zero-order chi connectivity index (χ0) is 13.8. The Labute approximate surface area is 115 Å². The van der Waals surface area contributed by atoms with Gasteiger partial charge in [0.25, 0.3) is 0 Å². The minimum Gasteiger partial charge on any atom is -0.353 e. The summed E-state index contributed by atoms with van der Waals surface area (Å²) < 4.78 is 0. The van der Waals surface area contributed by atoms with E-state index < -0.39 is 0 Å². The molecule has 19 heavy (non-hydrogen) atoms. The second-order valence-electron chi connectivity index (χ2n) is 5.70. The Morgan fingerprint density at radius 1 is 1.26 bits per heavy atom. The molecule has 104 valence electrons. The number of hydrogen-bond donors (Lipinski definition) is 2. The van der Waals surface area contributed by atoms with Crippen molar-refractivity contribution in [3.8, 4) is 0 Å². The first-order chi connectivity index (χ1) is 9.08. The second-order valence-corrected chi connectivity index (χ2v) is 5.70. The molecule has 2 atom stereocenters. The van der Waals surface area contributed by atoms with Gasteiger partial charge in [0.2, 0.25) is 5.91 Å². The van der Waals surface area contributed by atoms with Gasteiger partial charge in [0.05, 0.1) is 6.04 Å². The molecule has 1 aromatic carbocycles. The number of fused-ring (bicyclic) bond motifs is 1. The van der Waals surface area contributed by atoms with Gasteiger partial charge in [0, 0.05) is 12.1 Å². The summed E-state index contributed by atoms with van der Waals surface area (Å²) in [7, 11) is 0. The van der Waals surface area contributed by atoms with Gasteiger partial charge in [-0.05, 0) is 51.2 Å². The highest BCUT2D eigenvalue weighted by Crippen LogP contribution is 2.29. The topological polar surface area (TPSA) is 41.1 Å². The first kappa shape index (κ1) is 14.1. The molecule has 0 spiro atoms. The fourth-order valence-electron chi connectivity index (χ4n) is 2.71. The molecule has 0 bridgehead atoms. The van der Waals surface area contributed by atoms with Gasteiger partial charge in [-0.15, -0.1) is 0 Å². The van der Waals surface area contributed by atoms with E-state index in [4.69, 9.17) is 0 Å². The average molecular weight is 260 g/mol. The molecule has 0 aromatic heterocycles. The lowest BCUT2D eigenvalue weighted by Gasteiger charge is -2.29. The third-order valence-corrected chi connectivity index (χ3v) is 3.64. The van der Waals surface area contributed by atoms with Crippen molar-refractivity contribution < 1.29 is 4.79 Å². The summed E-state index contributed by atoms with van der Waals surface area (Å²) in [5.41, 5.74) is 2.78. The highest BCUT2D eigenvalue weighted by atomic mass is 16.2. The van der Waals surface area contributed by atoms with Crippen LogP contribution in [-0.4, -0.2) is 18.0 Å². The van der Waals surface area contributed by atoms with Crippen molar-refractivity contribution in [1.29, 1.82) is 0 Å². The van der Waals surface area contributed by atoms with Crippen molar-refractivity contribution in [2.45, 2.75) is 58.2 Å². The molecule has 0 heterocycles. The van der Waals surface area contributed by atoms with Gasteiger partial charge in [-0.1, -0.05) is 24.3 Å². The summed E-state index contributed by atoms with van der Waals surface area (Å²) in [6, 6.07) is 8.89. The fraction of sp³-hybridized carbons (Fsp3) is 0.562. The molecule has 0 aliphatic heterocycles.